The number of aliphatic carboxylic acids is 1. The Balaban J connectivity index is 1.76. The van der Waals surface area contributed by atoms with E-state index in [2.05, 4.69) is 4.98 Å². The van der Waals surface area contributed by atoms with Crippen LogP contribution in [-0.2, 0) is 4.79 Å². The van der Waals surface area contributed by atoms with E-state index in [0.29, 0.717) is 5.89 Å². The van der Waals surface area contributed by atoms with Crippen molar-refractivity contribution in [2.24, 2.45) is 0 Å². The molecule has 0 unspecified atom stereocenters. The molecular weight excluding hydrogens is 314 g/mol. The Hall–Kier alpha value is -3.40. The number of aryl methyl sites for hydroxylation is 1. The van der Waals surface area contributed by atoms with Gasteiger partial charge in [0.2, 0.25) is 5.89 Å². The van der Waals surface area contributed by atoms with Crippen LogP contribution in [0, 0.1) is 6.92 Å². The monoisotopic (exact) mass is 330 g/mol. The van der Waals surface area contributed by atoms with Crippen LogP contribution in [0.25, 0.3) is 29.7 Å². The lowest BCUT2D eigenvalue weighted by Crippen LogP contribution is -2.18. The number of benzene rings is 2. The minimum absolute atomic E-state index is 0.598. The van der Waals surface area contributed by atoms with Crippen LogP contribution in [0.15, 0.2) is 65.1 Å². The van der Waals surface area contributed by atoms with Crippen LogP contribution < -0.4 is 5.11 Å². The van der Waals surface area contributed by atoms with Crippen molar-refractivity contribution in [1.29, 1.82) is 0 Å². The zero-order valence-corrected chi connectivity index (χ0v) is 13.7. The Morgan fingerprint density at radius 2 is 1.60 bits per heavy atom. The summed E-state index contributed by atoms with van der Waals surface area (Å²) in [6.07, 6.45) is 6.34. The van der Waals surface area contributed by atoms with Crippen LogP contribution in [0.5, 0.6) is 0 Å². The van der Waals surface area contributed by atoms with E-state index in [0.717, 1.165) is 34.2 Å². The van der Waals surface area contributed by atoms with Crippen molar-refractivity contribution in [2.45, 2.75) is 6.92 Å². The quantitative estimate of drug-likeness (QED) is 0.671. The molecule has 0 atom stereocenters. The molecule has 4 heteroatoms. The molecule has 3 aromatic rings. The largest absolute Gasteiger partial charge is 0.545 e. The maximum Gasteiger partial charge on any atom is 0.226 e. The van der Waals surface area contributed by atoms with Crippen molar-refractivity contribution in [3.8, 4) is 11.5 Å². The molecule has 3 rings (SSSR count). The minimum Gasteiger partial charge on any atom is -0.545 e. The summed E-state index contributed by atoms with van der Waals surface area (Å²) in [7, 11) is 0. The lowest BCUT2D eigenvalue weighted by atomic mass is 10.1. The SMILES string of the molecule is Cc1oc(-c2ccccc2)nc1/C=C/c1ccc(/C=C/C(=O)[O-])cc1. The highest BCUT2D eigenvalue weighted by atomic mass is 16.4. The molecule has 2 aromatic carbocycles. The molecule has 0 bridgehead atoms. The second kappa shape index (κ2) is 7.45. The van der Waals surface area contributed by atoms with Gasteiger partial charge >= 0.3 is 0 Å². The molecule has 0 N–H and O–H groups in total. The number of carboxylic acid groups (broad SMARTS) is 1. The molecule has 0 radical (unpaired) electrons. The fourth-order valence-electron chi connectivity index (χ4n) is 2.32. The summed E-state index contributed by atoms with van der Waals surface area (Å²) in [6, 6.07) is 17.2. The molecule has 0 saturated carbocycles. The van der Waals surface area contributed by atoms with Gasteiger partial charge in [-0.2, -0.15) is 0 Å². The van der Waals surface area contributed by atoms with Gasteiger partial charge in [-0.1, -0.05) is 54.6 Å². The third-order valence-corrected chi connectivity index (χ3v) is 3.64. The highest BCUT2D eigenvalue weighted by Crippen LogP contribution is 2.22. The normalized spacial score (nSPS) is 11.4. The van der Waals surface area contributed by atoms with Gasteiger partial charge in [-0.15, -0.1) is 0 Å². The fraction of sp³-hybridized carbons (Fsp3) is 0.0476. The molecule has 0 spiro atoms. The van der Waals surface area contributed by atoms with Crippen LogP contribution in [0.2, 0.25) is 0 Å². The van der Waals surface area contributed by atoms with Crippen molar-refractivity contribution >= 4 is 24.2 Å². The molecule has 25 heavy (non-hydrogen) atoms. The molecule has 124 valence electrons. The average molecular weight is 330 g/mol. The van der Waals surface area contributed by atoms with Crippen LogP contribution in [-0.4, -0.2) is 11.0 Å². The first-order valence-electron chi connectivity index (χ1n) is 7.82. The molecule has 1 aromatic heterocycles. The maximum atomic E-state index is 10.4. The number of nitrogens with zero attached hydrogens (tertiary/aromatic N) is 1. The van der Waals surface area contributed by atoms with Gasteiger partial charge in [-0.05, 0) is 42.3 Å². The first-order valence-corrected chi connectivity index (χ1v) is 7.82. The molecule has 0 aliphatic heterocycles. The van der Waals surface area contributed by atoms with Crippen LogP contribution in [0.3, 0.4) is 0 Å². The van der Waals surface area contributed by atoms with E-state index < -0.39 is 5.97 Å². The molecule has 4 nitrogen and oxygen atoms in total. The highest BCUT2D eigenvalue weighted by molar-refractivity contribution is 5.83. The third-order valence-electron chi connectivity index (χ3n) is 3.64. The van der Waals surface area contributed by atoms with Gasteiger partial charge in [0, 0.05) is 5.56 Å². The van der Waals surface area contributed by atoms with Crippen molar-refractivity contribution in [3.63, 3.8) is 0 Å². The van der Waals surface area contributed by atoms with Crippen LogP contribution in [0.1, 0.15) is 22.6 Å². The smallest absolute Gasteiger partial charge is 0.226 e. The molecule has 0 saturated heterocycles. The van der Waals surface area contributed by atoms with Gasteiger partial charge in [0.15, 0.2) is 0 Å². The number of aromatic nitrogens is 1. The van der Waals surface area contributed by atoms with Crippen molar-refractivity contribution < 1.29 is 14.3 Å². The van der Waals surface area contributed by atoms with E-state index in [1.807, 2.05) is 73.7 Å². The number of carbonyl (C=O) groups excluding carboxylic acids is 1. The second-order valence-electron chi connectivity index (χ2n) is 5.48. The van der Waals surface area contributed by atoms with Gasteiger partial charge in [-0.3, -0.25) is 0 Å². The molecule has 0 aliphatic carbocycles. The minimum atomic E-state index is -1.21. The fourth-order valence-corrected chi connectivity index (χ4v) is 2.32. The molecule has 0 amide bonds. The maximum absolute atomic E-state index is 10.4. The predicted molar refractivity (Wildman–Crippen MR) is 96.1 cm³/mol. The van der Waals surface area contributed by atoms with Crippen LogP contribution in [0.4, 0.5) is 0 Å². The third kappa shape index (κ3) is 4.32. The Kier molecular flexibility index (Phi) is 4.90. The summed E-state index contributed by atoms with van der Waals surface area (Å²) in [5.41, 5.74) is 3.49. The first kappa shape index (κ1) is 16.5. The van der Waals surface area contributed by atoms with Crippen LogP contribution >= 0.6 is 0 Å². The predicted octanol–water partition coefficient (Wildman–Crippen LogP) is 3.58. The lowest BCUT2D eigenvalue weighted by Gasteiger charge is -1.96. The van der Waals surface area contributed by atoms with Crippen molar-refractivity contribution in [1.82, 2.24) is 4.98 Å². The topological polar surface area (TPSA) is 66.2 Å². The molecule has 0 fully saturated rings. The Bertz CT molecular complexity index is 920. The summed E-state index contributed by atoms with van der Waals surface area (Å²) >= 11 is 0. The number of rotatable bonds is 5. The molecule has 1 heterocycles. The second-order valence-corrected chi connectivity index (χ2v) is 5.48. The zero-order valence-electron chi connectivity index (χ0n) is 13.7. The van der Waals surface area contributed by atoms with Gasteiger partial charge in [0.25, 0.3) is 0 Å². The van der Waals surface area contributed by atoms with E-state index in [1.54, 1.807) is 0 Å². The lowest BCUT2D eigenvalue weighted by molar-refractivity contribution is -0.297. The number of hydrogen-bond donors (Lipinski definition) is 0. The number of carboxylic acids is 1. The van der Waals surface area contributed by atoms with E-state index >= 15 is 0 Å². The molecule has 0 aliphatic rings. The number of carbonyl (C=O) groups is 1. The Morgan fingerprint density at radius 1 is 0.960 bits per heavy atom. The summed E-state index contributed by atoms with van der Waals surface area (Å²) in [4.78, 5) is 14.9. The molecular formula is C21H16NO3-. The first-order chi connectivity index (χ1) is 12.1. The Labute approximate surface area is 145 Å². The van der Waals surface area contributed by atoms with Gasteiger partial charge in [0.05, 0.1) is 5.97 Å². The zero-order chi connectivity index (χ0) is 17.6. The highest BCUT2D eigenvalue weighted by Gasteiger charge is 2.08. The van der Waals surface area contributed by atoms with E-state index in [9.17, 15) is 9.90 Å². The summed E-state index contributed by atoms with van der Waals surface area (Å²) in [5.74, 6) is 0.142. The number of oxazole rings is 1. The summed E-state index contributed by atoms with van der Waals surface area (Å²) < 4.78 is 5.73. The van der Waals surface area contributed by atoms with E-state index in [1.165, 1.54) is 6.08 Å². The summed E-state index contributed by atoms with van der Waals surface area (Å²) in [6.45, 7) is 1.88. The Morgan fingerprint density at radius 3 is 2.24 bits per heavy atom. The van der Waals surface area contributed by atoms with Gasteiger partial charge in [0.1, 0.15) is 11.5 Å². The van der Waals surface area contributed by atoms with Gasteiger partial charge < -0.3 is 14.3 Å². The van der Waals surface area contributed by atoms with E-state index in [4.69, 9.17) is 4.42 Å². The van der Waals surface area contributed by atoms with Crippen molar-refractivity contribution in [3.05, 3.63) is 83.3 Å². The summed E-state index contributed by atoms with van der Waals surface area (Å²) in [5, 5.41) is 10.4. The van der Waals surface area contributed by atoms with Gasteiger partial charge in [-0.25, -0.2) is 4.98 Å². The standard InChI is InChI=1S/C21H17NO3/c1-15-19(22-21(25-15)18-5-3-2-4-6-18)13-11-16-7-9-17(10-8-16)12-14-20(23)24/h2-14H,1H3,(H,23,24)/p-1/b13-11+,14-12+. The number of hydrogen-bond acceptors (Lipinski definition) is 4. The van der Waals surface area contributed by atoms with Crippen molar-refractivity contribution in [2.75, 3.05) is 0 Å². The van der Waals surface area contributed by atoms with E-state index in [-0.39, 0.29) is 0 Å². The average Bonchev–Trinajstić information content (AvgIpc) is 3.00.